The maximum atomic E-state index is 11.9. The average molecular weight is 303 g/mol. The normalized spacial score (nSPS) is 12.1. The molecule has 5 heteroatoms. The summed E-state index contributed by atoms with van der Waals surface area (Å²) in [6.45, 7) is 2.56. The molecule has 0 aliphatic heterocycles. The Hall–Kier alpha value is -1.72. The molecule has 1 amide bonds. The summed E-state index contributed by atoms with van der Waals surface area (Å²) < 4.78 is 0. The Morgan fingerprint density at radius 3 is 2.76 bits per heavy atom. The maximum Gasteiger partial charge on any atom is 0.236 e. The lowest BCUT2D eigenvalue weighted by Gasteiger charge is -2.11. The SMILES string of the molecule is Cc1nc(CCNC(=O)[C@@H](N)CCc2ccccc2)cs1. The van der Waals surface area contributed by atoms with Gasteiger partial charge in [0.25, 0.3) is 0 Å². The van der Waals surface area contributed by atoms with Gasteiger partial charge < -0.3 is 11.1 Å². The van der Waals surface area contributed by atoms with Crippen molar-refractivity contribution >= 4 is 17.2 Å². The van der Waals surface area contributed by atoms with Gasteiger partial charge in [-0.15, -0.1) is 11.3 Å². The van der Waals surface area contributed by atoms with Gasteiger partial charge in [-0.05, 0) is 25.3 Å². The van der Waals surface area contributed by atoms with E-state index in [1.54, 1.807) is 11.3 Å². The number of carbonyl (C=O) groups is 1. The summed E-state index contributed by atoms with van der Waals surface area (Å²) in [5.41, 5.74) is 8.15. The van der Waals surface area contributed by atoms with Gasteiger partial charge >= 0.3 is 0 Å². The molecule has 0 saturated carbocycles. The Kier molecular flexibility index (Phi) is 5.90. The molecule has 112 valence electrons. The van der Waals surface area contributed by atoms with Gasteiger partial charge in [0, 0.05) is 18.3 Å². The minimum atomic E-state index is -0.456. The van der Waals surface area contributed by atoms with Crippen molar-refractivity contribution in [2.24, 2.45) is 5.73 Å². The molecule has 0 saturated heterocycles. The molecule has 1 atom stereocenters. The smallest absolute Gasteiger partial charge is 0.236 e. The van der Waals surface area contributed by atoms with E-state index in [-0.39, 0.29) is 5.91 Å². The van der Waals surface area contributed by atoms with Crippen LogP contribution in [0.2, 0.25) is 0 Å². The first kappa shape index (κ1) is 15.7. The first-order chi connectivity index (χ1) is 10.1. The summed E-state index contributed by atoms with van der Waals surface area (Å²) in [7, 11) is 0. The Morgan fingerprint density at radius 2 is 2.10 bits per heavy atom. The summed E-state index contributed by atoms with van der Waals surface area (Å²) in [5, 5.41) is 5.95. The fourth-order valence-corrected chi connectivity index (χ4v) is 2.71. The van der Waals surface area contributed by atoms with Crippen molar-refractivity contribution < 1.29 is 4.79 Å². The van der Waals surface area contributed by atoms with Crippen LogP contribution in [0.25, 0.3) is 0 Å². The van der Waals surface area contributed by atoms with Crippen molar-refractivity contribution in [1.82, 2.24) is 10.3 Å². The second-order valence-electron chi connectivity index (χ2n) is 5.03. The van der Waals surface area contributed by atoms with Gasteiger partial charge in [0.05, 0.1) is 16.7 Å². The van der Waals surface area contributed by atoms with Crippen molar-refractivity contribution in [3.8, 4) is 0 Å². The van der Waals surface area contributed by atoms with E-state index in [9.17, 15) is 4.79 Å². The number of benzene rings is 1. The third kappa shape index (κ3) is 5.28. The molecule has 21 heavy (non-hydrogen) atoms. The van der Waals surface area contributed by atoms with Crippen LogP contribution in [0.15, 0.2) is 35.7 Å². The summed E-state index contributed by atoms with van der Waals surface area (Å²) in [4.78, 5) is 16.3. The zero-order chi connectivity index (χ0) is 15.1. The van der Waals surface area contributed by atoms with Crippen LogP contribution in [0.5, 0.6) is 0 Å². The second-order valence-corrected chi connectivity index (χ2v) is 6.09. The molecule has 0 radical (unpaired) electrons. The Balaban J connectivity index is 1.67. The van der Waals surface area contributed by atoms with Crippen LogP contribution >= 0.6 is 11.3 Å². The number of carbonyl (C=O) groups excluding carboxylic acids is 1. The topological polar surface area (TPSA) is 68.0 Å². The third-order valence-electron chi connectivity index (χ3n) is 3.27. The van der Waals surface area contributed by atoms with Crippen LogP contribution < -0.4 is 11.1 Å². The number of nitrogens with one attached hydrogen (secondary N) is 1. The molecule has 2 rings (SSSR count). The first-order valence-electron chi connectivity index (χ1n) is 7.13. The van der Waals surface area contributed by atoms with Gasteiger partial charge in [-0.3, -0.25) is 4.79 Å². The van der Waals surface area contributed by atoms with E-state index in [2.05, 4.69) is 22.4 Å². The van der Waals surface area contributed by atoms with E-state index in [0.29, 0.717) is 13.0 Å². The minimum Gasteiger partial charge on any atom is -0.354 e. The van der Waals surface area contributed by atoms with Crippen LogP contribution in [0.1, 0.15) is 22.7 Å². The Bertz CT molecular complexity index is 568. The van der Waals surface area contributed by atoms with Crippen LogP contribution in [-0.4, -0.2) is 23.5 Å². The van der Waals surface area contributed by atoms with Crippen molar-refractivity contribution in [3.63, 3.8) is 0 Å². The predicted molar refractivity (Wildman–Crippen MR) is 86.3 cm³/mol. The lowest BCUT2D eigenvalue weighted by atomic mass is 10.1. The Morgan fingerprint density at radius 1 is 1.33 bits per heavy atom. The largest absolute Gasteiger partial charge is 0.354 e. The molecule has 0 aliphatic rings. The van der Waals surface area contributed by atoms with Crippen LogP contribution in [0.3, 0.4) is 0 Å². The van der Waals surface area contributed by atoms with Gasteiger partial charge in [-0.25, -0.2) is 4.98 Å². The van der Waals surface area contributed by atoms with Crippen molar-refractivity contribution in [1.29, 1.82) is 0 Å². The molecule has 0 aliphatic carbocycles. The number of aryl methyl sites for hydroxylation is 2. The fraction of sp³-hybridized carbons (Fsp3) is 0.375. The molecular formula is C16H21N3OS. The second kappa shape index (κ2) is 7.90. The number of thiazole rings is 1. The lowest BCUT2D eigenvalue weighted by Crippen LogP contribution is -2.41. The van der Waals surface area contributed by atoms with Crippen molar-refractivity contribution in [3.05, 3.63) is 52.0 Å². The highest BCUT2D eigenvalue weighted by molar-refractivity contribution is 7.09. The quantitative estimate of drug-likeness (QED) is 0.823. The molecule has 0 spiro atoms. The molecular weight excluding hydrogens is 282 g/mol. The number of rotatable bonds is 7. The molecule has 1 aromatic heterocycles. The summed E-state index contributed by atoms with van der Waals surface area (Å²) >= 11 is 1.63. The standard InChI is InChI=1S/C16H21N3OS/c1-12-19-14(11-21-12)9-10-18-16(20)15(17)8-7-13-5-3-2-4-6-13/h2-6,11,15H,7-10,17H2,1H3,(H,18,20)/t15-/m0/s1. The van der Waals surface area contributed by atoms with E-state index in [4.69, 9.17) is 5.73 Å². The van der Waals surface area contributed by atoms with Crippen molar-refractivity contribution in [2.45, 2.75) is 32.2 Å². The molecule has 3 N–H and O–H groups in total. The number of amides is 1. The Labute approximate surface area is 129 Å². The average Bonchev–Trinajstić information content (AvgIpc) is 2.91. The van der Waals surface area contributed by atoms with Gasteiger partial charge in [0.1, 0.15) is 0 Å². The first-order valence-corrected chi connectivity index (χ1v) is 8.01. The van der Waals surface area contributed by atoms with Gasteiger partial charge in [0.15, 0.2) is 0 Å². The summed E-state index contributed by atoms with van der Waals surface area (Å²) in [6, 6.07) is 9.62. The van der Waals surface area contributed by atoms with Gasteiger partial charge in [-0.1, -0.05) is 30.3 Å². The van der Waals surface area contributed by atoms with Crippen LogP contribution in [0, 0.1) is 6.92 Å². The highest BCUT2D eigenvalue weighted by Crippen LogP contribution is 2.08. The minimum absolute atomic E-state index is 0.0853. The van der Waals surface area contributed by atoms with Gasteiger partial charge in [0.2, 0.25) is 5.91 Å². The predicted octanol–water partition coefficient (Wildman–Crippen LogP) is 2.07. The maximum absolute atomic E-state index is 11.9. The summed E-state index contributed by atoms with van der Waals surface area (Å²) in [6.07, 6.45) is 2.23. The zero-order valence-corrected chi connectivity index (χ0v) is 13.0. The molecule has 2 aromatic rings. The summed E-state index contributed by atoms with van der Waals surface area (Å²) in [5.74, 6) is -0.0853. The molecule has 4 nitrogen and oxygen atoms in total. The molecule has 0 fully saturated rings. The van der Waals surface area contributed by atoms with E-state index in [1.807, 2.05) is 30.5 Å². The van der Waals surface area contributed by atoms with Gasteiger partial charge in [-0.2, -0.15) is 0 Å². The molecule has 0 unspecified atom stereocenters. The zero-order valence-electron chi connectivity index (χ0n) is 12.2. The van der Waals surface area contributed by atoms with E-state index >= 15 is 0 Å². The van der Waals surface area contributed by atoms with E-state index in [1.165, 1.54) is 5.56 Å². The highest BCUT2D eigenvalue weighted by Gasteiger charge is 2.12. The fourth-order valence-electron chi connectivity index (χ4n) is 2.07. The number of nitrogens with two attached hydrogens (primary N) is 1. The molecule has 1 heterocycles. The molecule has 1 aromatic carbocycles. The number of nitrogens with zero attached hydrogens (tertiary/aromatic N) is 1. The number of hydrogen-bond donors (Lipinski definition) is 2. The van der Waals surface area contributed by atoms with Crippen molar-refractivity contribution in [2.75, 3.05) is 6.54 Å². The third-order valence-corrected chi connectivity index (χ3v) is 4.09. The van der Waals surface area contributed by atoms with Crippen LogP contribution in [-0.2, 0) is 17.6 Å². The van der Waals surface area contributed by atoms with Crippen LogP contribution in [0.4, 0.5) is 0 Å². The monoisotopic (exact) mass is 303 g/mol. The van der Waals surface area contributed by atoms with E-state index in [0.717, 1.165) is 23.5 Å². The number of aromatic nitrogens is 1. The molecule has 0 bridgehead atoms. The number of hydrogen-bond acceptors (Lipinski definition) is 4. The lowest BCUT2D eigenvalue weighted by molar-refractivity contribution is -0.122. The highest BCUT2D eigenvalue weighted by atomic mass is 32.1. The van der Waals surface area contributed by atoms with E-state index < -0.39 is 6.04 Å².